The third-order valence-corrected chi connectivity index (χ3v) is 13.9. The molecule has 0 spiro atoms. The zero-order valence-electron chi connectivity index (χ0n) is 43.0. The van der Waals surface area contributed by atoms with E-state index in [4.69, 9.17) is 0 Å². The Hall–Kier alpha value is -0.910. The maximum absolute atomic E-state index is 12.6. The van der Waals surface area contributed by atoms with Gasteiger partial charge in [0.25, 0.3) is 0 Å². The Morgan fingerprint density at radius 3 is 0.873 bits per heavy atom. The molecular formula is C58H115NO4. The summed E-state index contributed by atoms with van der Waals surface area (Å²) in [5.74, 6) is -0.465. The van der Waals surface area contributed by atoms with Gasteiger partial charge in [-0.25, -0.2) is 0 Å². The van der Waals surface area contributed by atoms with Crippen molar-refractivity contribution in [1.82, 2.24) is 5.32 Å². The average Bonchev–Trinajstić information content (AvgIpc) is 3.29. The van der Waals surface area contributed by atoms with Gasteiger partial charge in [-0.05, 0) is 38.5 Å². The lowest BCUT2D eigenvalue weighted by Gasteiger charge is -2.23. The number of rotatable bonds is 54. The first-order chi connectivity index (χ1) is 31.1. The van der Waals surface area contributed by atoms with Crippen LogP contribution in [-0.4, -0.2) is 46.1 Å². The van der Waals surface area contributed by atoms with Crippen molar-refractivity contribution in [3.63, 3.8) is 0 Å². The third kappa shape index (κ3) is 48.8. The number of aliphatic hydroxyl groups is 3. The first-order valence-corrected chi connectivity index (χ1v) is 29.0. The lowest BCUT2D eigenvalue weighted by Crippen LogP contribution is -2.49. The number of hydrogen-bond acceptors (Lipinski definition) is 4. The molecular weight excluding hydrogens is 775 g/mol. The van der Waals surface area contributed by atoms with E-state index in [1.54, 1.807) is 0 Å². The molecule has 376 valence electrons. The standard InChI is InChI=1S/C58H115NO4/c1-3-5-7-9-11-13-15-17-19-21-23-25-27-28-29-31-33-35-37-39-41-43-45-47-49-51-53-57(62)58(63)59-55(54-60)56(61)52-50-48-46-44-42-40-38-36-34-32-30-26-24-22-20-18-16-14-12-10-8-6-4-2/h28-29,55-57,60-62H,3-27,30-54H2,1-2H3,(H,59,63)/b29-28-. The molecule has 5 heteroatoms. The summed E-state index contributed by atoms with van der Waals surface area (Å²) in [5.41, 5.74) is 0. The van der Waals surface area contributed by atoms with Crippen LogP contribution in [0.5, 0.6) is 0 Å². The molecule has 0 saturated heterocycles. The summed E-state index contributed by atoms with van der Waals surface area (Å²) in [4.78, 5) is 12.6. The van der Waals surface area contributed by atoms with Crippen molar-refractivity contribution in [3.8, 4) is 0 Å². The fourth-order valence-corrected chi connectivity index (χ4v) is 9.37. The van der Waals surface area contributed by atoms with Crippen molar-refractivity contribution >= 4 is 5.91 Å². The highest BCUT2D eigenvalue weighted by Crippen LogP contribution is 2.18. The molecule has 0 saturated carbocycles. The van der Waals surface area contributed by atoms with Crippen molar-refractivity contribution in [2.24, 2.45) is 0 Å². The van der Waals surface area contributed by atoms with Gasteiger partial charge in [0.15, 0.2) is 0 Å². The molecule has 0 fully saturated rings. The first kappa shape index (κ1) is 62.1. The second kappa shape index (κ2) is 53.7. The van der Waals surface area contributed by atoms with Crippen LogP contribution < -0.4 is 5.32 Å². The molecule has 63 heavy (non-hydrogen) atoms. The molecule has 0 rings (SSSR count). The molecule has 3 unspecified atom stereocenters. The van der Waals surface area contributed by atoms with E-state index in [1.807, 2.05) is 0 Å². The third-order valence-electron chi connectivity index (χ3n) is 13.9. The zero-order chi connectivity index (χ0) is 45.8. The van der Waals surface area contributed by atoms with Crippen molar-refractivity contribution in [3.05, 3.63) is 12.2 Å². The highest BCUT2D eigenvalue weighted by atomic mass is 16.3. The molecule has 0 aromatic rings. The van der Waals surface area contributed by atoms with Gasteiger partial charge < -0.3 is 20.6 Å². The summed E-state index contributed by atoms with van der Waals surface area (Å²) in [6.45, 7) is 4.28. The highest BCUT2D eigenvalue weighted by molar-refractivity contribution is 5.80. The average molecular weight is 891 g/mol. The lowest BCUT2D eigenvalue weighted by molar-refractivity contribution is -0.131. The smallest absolute Gasteiger partial charge is 0.249 e. The topological polar surface area (TPSA) is 89.8 Å². The van der Waals surface area contributed by atoms with E-state index in [9.17, 15) is 20.1 Å². The second-order valence-corrected chi connectivity index (χ2v) is 20.2. The molecule has 0 aliphatic heterocycles. The van der Waals surface area contributed by atoms with E-state index in [2.05, 4.69) is 31.3 Å². The van der Waals surface area contributed by atoms with Gasteiger partial charge in [0.2, 0.25) is 5.91 Å². The Morgan fingerprint density at radius 2 is 0.603 bits per heavy atom. The Kier molecular flexibility index (Phi) is 52.9. The maximum Gasteiger partial charge on any atom is 0.249 e. The number of hydrogen-bond donors (Lipinski definition) is 4. The summed E-state index contributed by atoms with van der Waals surface area (Å²) in [5, 5.41) is 33.6. The number of unbranched alkanes of at least 4 members (excludes halogenated alkanes) is 44. The Morgan fingerprint density at radius 1 is 0.365 bits per heavy atom. The van der Waals surface area contributed by atoms with Gasteiger partial charge in [-0.15, -0.1) is 0 Å². The molecule has 5 nitrogen and oxygen atoms in total. The van der Waals surface area contributed by atoms with Crippen LogP contribution in [0.25, 0.3) is 0 Å². The summed E-state index contributed by atoms with van der Waals surface area (Å²) in [6.07, 6.45) is 66.9. The van der Waals surface area contributed by atoms with Crippen LogP contribution in [0.4, 0.5) is 0 Å². The van der Waals surface area contributed by atoms with Crippen molar-refractivity contribution in [2.75, 3.05) is 6.61 Å². The lowest BCUT2D eigenvalue weighted by atomic mass is 10.0. The minimum absolute atomic E-state index is 0.310. The Bertz CT molecular complexity index is 894. The van der Waals surface area contributed by atoms with Crippen LogP contribution >= 0.6 is 0 Å². The largest absolute Gasteiger partial charge is 0.394 e. The number of nitrogens with one attached hydrogen (secondary N) is 1. The molecule has 1 amide bonds. The number of aliphatic hydroxyl groups excluding tert-OH is 3. The van der Waals surface area contributed by atoms with Crippen LogP contribution in [0, 0.1) is 0 Å². The van der Waals surface area contributed by atoms with E-state index in [0.29, 0.717) is 12.8 Å². The molecule has 0 aliphatic carbocycles. The molecule has 4 N–H and O–H groups in total. The normalized spacial score (nSPS) is 13.3. The number of amides is 1. The number of carbonyl (C=O) groups is 1. The Balaban J connectivity index is 3.51. The first-order valence-electron chi connectivity index (χ1n) is 29.0. The molecule has 0 bridgehead atoms. The number of allylic oxidation sites excluding steroid dienone is 2. The minimum Gasteiger partial charge on any atom is -0.394 e. The van der Waals surface area contributed by atoms with E-state index in [-0.39, 0.29) is 6.61 Å². The van der Waals surface area contributed by atoms with E-state index >= 15 is 0 Å². The SMILES string of the molecule is CCCCCCCCCCCCCC/C=C\CCCCCCCCCCCCC(O)C(=O)NC(CO)C(O)CCCCCCCCCCCCCCCCCCCCCCCCC. The molecule has 0 radical (unpaired) electrons. The van der Waals surface area contributed by atoms with Crippen molar-refractivity contribution < 1.29 is 20.1 Å². The van der Waals surface area contributed by atoms with Gasteiger partial charge in [-0.3, -0.25) is 4.79 Å². The maximum atomic E-state index is 12.6. The summed E-state index contributed by atoms with van der Waals surface area (Å²) < 4.78 is 0. The predicted octanol–water partition coefficient (Wildman–Crippen LogP) is 17.9. The monoisotopic (exact) mass is 890 g/mol. The van der Waals surface area contributed by atoms with Gasteiger partial charge in [0.05, 0.1) is 18.8 Å². The van der Waals surface area contributed by atoms with E-state index in [0.717, 1.165) is 32.1 Å². The summed E-state index contributed by atoms with van der Waals surface area (Å²) >= 11 is 0. The van der Waals surface area contributed by atoms with E-state index < -0.39 is 24.2 Å². The van der Waals surface area contributed by atoms with Crippen LogP contribution in [0.1, 0.15) is 328 Å². The fourth-order valence-electron chi connectivity index (χ4n) is 9.37. The highest BCUT2D eigenvalue weighted by Gasteiger charge is 2.23. The van der Waals surface area contributed by atoms with Crippen LogP contribution in [0.15, 0.2) is 12.2 Å². The molecule has 0 heterocycles. The van der Waals surface area contributed by atoms with Crippen LogP contribution in [-0.2, 0) is 4.79 Å². The zero-order valence-corrected chi connectivity index (χ0v) is 43.0. The van der Waals surface area contributed by atoms with Crippen LogP contribution in [0.2, 0.25) is 0 Å². The quantitative estimate of drug-likeness (QED) is 0.0362. The van der Waals surface area contributed by atoms with Gasteiger partial charge >= 0.3 is 0 Å². The van der Waals surface area contributed by atoms with Crippen molar-refractivity contribution in [2.45, 2.75) is 347 Å². The second-order valence-electron chi connectivity index (χ2n) is 20.2. The molecule has 0 aromatic carbocycles. The van der Waals surface area contributed by atoms with Gasteiger partial charge in [0, 0.05) is 0 Å². The van der Waals surface area contributed by atoms with Crippen molar-refractivity contribution in [1.29, 1.82) is 0 Å². The van der Waals surface area contributed by atoms with E-state index in [1.165, 1.54) is 270 Å². The van der Waals surface area contributed by atoms with Crippen LogP contribution in [0.3, 0.4) is 0 Å². The van der Waals surface area contributed by atoms with Gasteiger partial charge in [-0.2, -0.15) is 0 Å². The van der Waals surface area contributed by atoms with Gasteiger partial charge in [-0.1, -0.05) is 302 Å². The fraction of sp³-hybridized carbons (Fsp3) is 0.948. The van der Waals surface area contributed by atoms with Gasteiger partial charge in [0.1, 0.15) is 6.10 Å². The number of carbonyl (C=O) groups excluding carboxylic acids is 1. The molecule has 0 aliphatic rings. The molecule has 0 aromatic heterocycles. The predicted molar refractivity (Wildman–Crippen MR) is 278 cm³/mol. The minimum atomic E-state index is -1.07. The molecule has 3 atom stereocenters. The Labute approximate surface area is 395 Å². The summed E-state index contributed by atoms with van der Waals surface area (Å²) in [7, 11) is 0. The summed E-state index contributed by atoms with van der Waals surface area (Å²) in [6, 6.07) is -0.711.